The zero-order valence-corrected chi connectivity index (χ0v) is 9.92. The fourth-order valence-corrected chi connectivity index (χ4v) is 2.51. The lowest BCUT2D eigenvalue weighted by molar-refractivity contribution is -0.133. The summed E-state index contributed by atoms with van der Waals surface area (Å²) in [6, 6.07) is 7.76. The van der Waals surface area contributed by atoms with Crippen molar-refractivity contribution in [3.8, 4) is 0 Å². The van der Waals surface area contributed by atoms with Crippen LogP contribution in [0.4, 0.5) is 5.69 Å². The van der Waals surface area contributed by atoms with Gasteiger partial charge in [-0.3, -0.25) is 9.79 Å². The minimum absolute atomic E-state index is 0.0308. The third-order valence-corrected chi connectivity index (χ3v) is 3.33. The number of amides is 1. The maximum Gasteiger partial charge on any atom is 0.362 e. The third kappa shape index (κ3) is 1.44. The monoisotopic (exact) mass is 244 g/mol. The number of ether oxygens (including phenoxy) is 1. The number of anilines is 1. The lowest BCUT2D eigenvalue weighted by atomic mass is 10.1. The van der Waals surface area contributed by atoms with E-state index in [4.69, 9.17) is 0 Å². The van der Waals surface area contributed by atoms with Crippen LogP contribution in [0.1, 0.15) is 5.56 Å². The smallest absolute Gasteiger partial charge is 0.362 e. The second-order valence-electron chi connectivity index (χ2n) is 4.34. The molecule has 0 N–H and O–H groups in total. The highest BCUT2D eigenvalue weighted by Gasteiger charge is 2.40. The van der Waals surface area contributed by atoms with E-state index in [1.54, 1.807) is 4.90 Å². The molecule has 3 rings (SSSR count). The van der Waals surface area contributed by atoms with Gasteiger partial charge >= 0.3 is 5.97 Å². The summed E-state index contributed by atoms with van der Waals surface area (Å²) in [5.41, 5.74) is 1.89. The van der Waals surface area contributed by atoms with Crippen LogP contribution < -0.4 is 4.90 Å². The van der Waals surface area contributed by atoms with Crippen LogP contribution in [0.25, 0.3) is 0 Å². The summed E-state index contributed by atoms with van der Waals surface area (Å²) in [5.74, 6) is -1.02. The van der Waals surface area contributed by atoms with Gasteiger partial charge in [0.25, 0.3) is 5.91 Å². The van der Waals surface area contributed by atoms with Crippen molar-refractivity contribution in [3.05, 3.63) is 29.8 Å². The zero-order valence-electron chi connectivity index (χ0n) is 9.92. The van der Waals surface area contributed by atoms with Crippen molar-refractivity contribution < 1.29 is 14.3 Å². The van der Waals surface area contributed by atoms with Crippen LogP contribution in [0.5, 0.6) is 0 Å². The van der Waals surface area contributed by atoms with Gasteiger partial charge < -0.3 is 9.64 Å². The van der Waals surface area contributed by atoms with Crippen molar-refractivity contribution in [2.24, 2.45) is 4.99 Å². The standard InChI is InChI=1S/C13H12N2O3/c1-18-13(17)11-12(16)15-9(7-14-11)6-8-4-2-3-5-10(8)15/h2-5,9H,6-7H2,1H3. The van der Waals surface area contributed by atoms with E-state index in [9.17, 15) is 9.59 Å². The molecule has 0 saturated heterocycles. The number of nitrogens with zero attached hydrogens (tertiary/aromatic N) is 2. The average molecular weight is 244 g/mol. The first kappa shape index (κ1) is 11.0. The molecule has 0 aliphatic carbocycles. The molecule has 1 amide bonds. The molecule has 2 aliphatic heterocycles. The van der Waals surface area contributed by atoms with E-state index in [1.807, 2.05) is 24.3 Å². The maximum atomic E-state index is 12.3. The SMILES string of the molecule is COC(=O)C1=NCC2Cc3ccccc3N2C1=O. The molecule has 0 bridgehead atoms. The summed E-state index contributed by atoms with van der Waals surface area (Å²) in [7, 11) is 1.25. The molecule has 18 heavy (non-hydrogen) atoms. The van der Waals surface area contributed by atoms with Crippen LogP contribution in [0.15, 0.2) is 29.3 Å². The van der Waals surface area contributed by atoms with E-state index in [0.29, 0.717) is 6.54 Å². The van der Waals surface area contributed by atoms with E-state index in [-0.39, 0.29) is 17.7 Å². The highest BCUT2D eigenvalue weighted by Crippen LogP contribution is 2.33. The van der Waals surface area contributed by atoms with Gasteiger partial charge in [-0.15, -0.1) is 0 Å². The summed E-state index contributed by atoms with van der Waals surface area (Å²) in [5, 5.41) is 0. The molecular formula is C13H12N2O3. The number of para-hydroxylation sites is 1. The number of aliphatic imine (C=N–C) groups is 1. The first-order valence-corrected chi connectivity index (χ1v) is 5.76. The predicted molar refractivity (Wildman–Crippen MR) is 65.7 cm³/mol. The number of carbonyl (C=O) groups excluding carboxylic acids is 2. The van der Waals surface area contributed by atoms with Gasteiger partial charge in [-0.2, -0.15) is 0 Å². The minimum Gasteiger partial charge on any atom is -0.464 e. The van der Waals surface area contributed by atoms with Gasteiger partial charge in [-0.1, -0.05) is 18.2 Å². The molecule has 0 saturated carbocycles. The second-order valence-corrected chi connectivity index (χ2v) is 4.34. The van der Waals surface area contributed by atoms with Gasteiger partial charge in [-0.25, -0.2) is 4.79 Å². The first-order chi connectivity index (χ1) is 8.72. The number of benzene rings is 1. The first-order valence-electron chi connectivity index (χ1n) is 5.76. The molecule has 0 spiro atoms. The molecular weight excluding hydrogens is 232 g/mol. The Bertz CT molecular complexity index is 565. The Morgan fingerprint density at radius 3 is 3.00 bits per heavy atom. The second kappa shape index (κ2) is 3.94. The number of hydrogen-bond acceptors (Lipinski definition) is 4. The van der Waals surface area contributed by atoms with Crippen LogP contribution in [0.2, 0.25) is 0 Å². The maximum absolute atomic E-state index is 12.3. The molecule has 5 nitrogen and oxygen atoms in total. The summed E-state index contributed by atoms with van der Waals surface area (Å²) in [4.78, 5) is 29.5. The Morgan fingerprint density at radius 2 is 2.22 bits per heavy atom. The molecule has 1 aromatic carbocycles. The molecule has 0 fully saturated rings. The molecule has 1 aromatic rings. The van der Waals surface area contributed by atoms with Crippen molar-refractivity contribution in [1.82, 2.24) is 0 Å². The van der Waals surface area contributed by atoms with Crippen molar-refractivity contribution in [2.45, 2.75) is 12.5 Å². The van der Waals surface area contributed by atoms with Crippen molar-refractivity contribution in [3.63, 3.8) is 0 Å². The van der Waals surface area contributed by atoms with E-state index >= 15 is 0 Å². The molecule has 1 atom stereocenters. The van der Waals surface area contributed by atoms with E-state index in [2.05, 4.69) is 9.73 Å². The lowest BCUT2D eigenvalue weighted by Crippen LogP contribution is -2.49. The Labute approximate surface area is 104 Å². The number of esters is 1. The van der Waals surface area contributed by atoms with Gasteiger partial charge in [0.05, 0.1) is 19.7 Å². The largest absolute Gasteiger partial charge is 0.464 e. The molecule has 2 heterocycles. The Hall–Kier alpha value is -2.17. The van der Waals surface area contributed by atoms with E-state index < -0.39 is 5.97 Å². The zero-order chi connectivity index (χ0) is 12.7. The van der Waals surface area contributed by atoms with Crippen LogP contribution in [-0.2, 0) is 20.7 Å². The van der Waals surface area contributed by atoms with Gasteiger partial charge in [0.1, 0.15) is 0 Å². The highest BCUT2D eigenvalue weighted by molar-refractivity contribution is 6.66. The van der Waals surface area contributed by atoms with Gasteiger partial charge in [0.2, 0.25) is 5.71 Å². The fraction of sp³-hybridized carbons (Fsp3) is 0.308. The number of carbonyl (C=O) groups is 2. The molecule has 0 aromatic heterocycles. The Balaban J connectivity index is 2.01. The Kier molecular flexibility index (Phi) is 2.40. The van der Waals surface area contributed by atoms with E-state index in [0.717, 1.165) is 17.7 Å². The third-order valence-electron chi connectivity index (χ3n) is 3.33. The molecule has 2 aliphatic rings. The number of methoxy groups -OCH3 is 1. The van der Waals surface area contributed by atoms with Crippen molar-refractivity contribution in [2.75, 3.05) is 18.6 Å². The summed E-state index contributed by atoms with van der Waals surface area (Å²) in [6.45, 7) is 0.449. The average Bonchev–Trinajstić information content (AvgIpc) is 2.77. The van der Waals surface area contributed by atoms with Crippen LogP contribution in [0.3, 0.4) is 0 Å². The quantitative estimate of drug-likeness (QED) is 0.679. The lowest BCUT2D eigenvalue weighted by Gasteiger charge is -2.28. The highest BCUT2D eigenvalue weighted by atomic mass is 16.5. The van der Waals surface area contributed by atoms with Crippen LogP contribution in [0, 0.1) is 0 Å². The normalized spacial score (nSPS) is 21.2. The van der Waals surface area contributed by atoms with Gasteiger partial charge in [-0.05, 0) is 18.1 Å². The Morgan fingerprint density at radius 1 is 1.44 bits per heavy atom. The van der Waals surface area contributed by atoms with Gasteiger partial charge in [0.15, 0.2) is 0 Å². The van der Waals surface area contributed by atoms with E-state index in [1.165, 1.54) is 7.11 Å². The van der Waals surface area contributed by atoms with Gasteiger partial charge in [0, 0.05) is 5.69 Å². The van der Waals surface area contributed by atoms with Crippen molar-refractivity contribution in [1.29, 1.82) is 0 Å². The fourth-order valence-electron chi connectivity index (χ4n) is 2.51. The molecule has 0 radical (unpaired) electrons. The number of hydrogen-bond donors (Lipinski definition) is 0. The molecule has 5 heteroatoms. The summed E-state index contributed by atoms with van der Waals surface area (Å²) >= 11 is 0. The van der Waals surface area contributed by atoms with Crippen LogP contribution in [-0.4, -0.2) is 37.3 Å². The summed E-state index contributed by atoms with van der Waals surface area (Å²) in [6.07, 6.45) is 0.792. The molecule has 1 unspecified atom stereocenters. The van der Waals surface area contributed by atoms with Crippen LogP contribution >= 0.6 is 0 Å². The topological polar surface area (TPSA) is 59.0 Å². The predicted octanol–water partition coefficient (Wildman–Crippen LogP) is 0.572. The number of rotatable bonds is 1. The molecule has 92 valence electrons. The summed E-state index contributed by atoms with van der Waals surface area (Å²) < 4.78 is 4.58. The number of fused-ring (bicyclic) bond motifs is 3. The minimum atomic E-state index is -0.664. The van der Waals surface area contributed by atoms with Crippen molar-refractivity contribution >= 4 is 23.3 Å².